The van der Waals surface area contributed by atoms with Crippen molar-refractivity contribution in [1.82, 2.24) is 19.7 Å². The molecule has 1 unspecified atom stereocenters. The minimum absolute atomic E-state index is 0.0289. The zero-order valence-electron chi connectivity index (χ0n) is 14.0. The maximum Gasteiger partial charge on any atom is 0.255 e. The van der Waals surface area contributed by atoms with Crippen LogP contribution in [0.1, 0.15) is 22.3 Å². The van der Waals surface area contributed by atoms with Crippen LogP contribution >= 0.6 is 0 Å². The molecule has 0 radical (unpaired) electrons. The highest BCUT2D eigenvalue weighted by Gasteiger charge is 2.26. The standard InChI is InChI=1S/C19H21N5O/c20-9-15-6-7-23(12-15)19(25)17-8-16-11-22-24(18(16)21-10-17)13-14-4-2-1-3-5-14/h1-5,8,10-11,15H,6-7,9,12-13,20H2. The van der Waals surface area contributed by atoms with Gasteiger partial charge in [-0.05, 0) is 30.5 Å². The molecule has 4 rings (SSSR count). The third kappa shape index (κ3) is 3.13. The summed E-state index contributed by atoms with van der Waals surface area (Å²) in [6.07, 6.45) is 4.41. The van der Waals surface area contributed by atoms with E-state index in [4.69, 9.17) is 5.73 Å². The van der Waals surface area contributed by atoms with Crippen molar-refractivity contribution in [3.8, 4) is 0 Å². The van der Waals surface area contributed by atoms with Crippen molar-refractivity contribution in [3.05, 3.63) is 59.9 Å². The van der Waals surface area contributed by atoms with E-state index in [9.17, 15) is 4.79 Å². The van der Waals surface area contributed by atoms with Crippen LogP contribution in [0.5, 0.6) is 0 Å². The van der Waals surface area contributed by atoms with Crippen LogP contribution in [-0.2, 0) is 6.54 Å². The van der Waals surface area contributed by atoms with Crippen molar-refractivity contribution >= 4 is 16.9 Å². The number of carbonyl (C=O) groups is 1. The van der Waals surface area contributed by atoms with Gasteiger partial charge in [-0.25, -0.2) is 9.67 Å². The number of fused-ring (bicyclic) bond motifs is 1. The van der Waals surface area contributed by atoms with Crippen LogP contribution in [0.3, 0.4) is 0 Å². The first kappa shape index (κ1) is 15.8. The van der Waals surface area contributed by atoms with E-state index < -0.39 is 0 Å². The average molecular weight is 335 g/mol. The molecule has 0 bridgehead atoms. The van der Waals surface area contributed by atoms with Gasteiger partial charge in [-0.15, -0.1) is 0 Å². The summed E-state index contributed by atoms with van der Waals surface area (Å²) in [7, 11) is 0. The van der Waals surface area contributed by atoms with Gasteiger partial charge in [-0.3, -0.25) is 4.79 Å². The molecule has 3 heterocycles. The van der Waals surface area contributed by atoms with Gasteiger partial charge < -0.3 is 10.6 Å². The summed E-state index contributed by atoms with van der Waals surface area (Å²) in [5.74, 6) is 0.440. The number of hydrogen-bond acceptors (Lipinski definition) is 4. The van der Waals surface area contributed by atoms with Crippen LogP contribution in [0.15, 0.2) is 48.8 Å². The van der Waals surface area contributed by atoms with E-state index in [0.717, 1.165) is 30.5 Å². The highest BCUT2D eigenvalue weighted by molar-refractivity contribution is 5.97. The predicted octanol–water partition coefficient (Wildman–Crippen LogP) is 1.90. The lowest BCUT2D eigenvalue weighted by Gasteiger charge is -2.16. The van der Waals surface area contributed by atoms with Gasteiger partial charge in [-0.1, -0.05) is 30.3 Å². The van der Waals surface area contributed by atoms with Gasteiger partial charge in [0.15, 0.2) is 5.65 Å². The fraction of sp³-hybridized carbons (Fsp3) is 0.316. The number of likely N-dealkylation sites (tertiary alicyclic amines) is 1. The SMILES string of the molecule is NCC1CCN(C(=O)c2cnc3c(cnn3Cc3ccccc3)c2)C1. The lowest BCUT2D eigenvalue weighted by molar-refractivity contribution is 0.0787. The Hall–Kier alpha value is -2.73. The molecule has 6 nitrogen and oxygen atoms in total. The molecule has 128 valence electrons. The first-order valence-corrected chi connectivity index (χ1v) is 8.59. The van der Waals surface area contributed by atoms with Gasteiger partial charge in [0.25, 0.3) is 5.91 Å². The normalized spacial score (nSPS) is 17.3. The summed E-state index contributed by atoms with van der Waals surface area (Å²) in [6, 6.07) is 12.0. The molecule has 0 aliphatic carbocycles. The smallest absolute Gasteiger partial charge is 0.255 e. The van der Waals surface area contributed by atoms with Crippen molar-refractivity contribution in [1.29, 1.82) is 0 Å². The van der Waals surface area contributed by atoms with Crippen LogP contribution in [0.4, 0.5) is 0 Å². The Balaban J connectivity index is 1.56. The Morgan fingerprint density at radius 2 is 2.08 bits per heavy atom. The predicted molar refractivity (Wildman–Crippen MR) is 96.1 cm³/mol. The fourth-order valence-corrected chi connectivity index (χ4v) is 3.35. The first-order valence-electron chi connectivity index (χ1n) is 8.59. The minimum Gasteiger partial charge on any atom is -0.338 e. The second-order valence-corrected chi connectivity index (χ2v) is 6.57. The lowest BCUT2D eigenvalue weighted by Crippen LogP contribution is -2.29. The quantitative estimate of drug-likeness (QED) is 0.790. The summed E-state index contributed by atoms with van der Waals surface area (Å²) in [6.45, 7) is 2.80. The van der Waals surface area contributed by atoms with Crippen molar-refractivity contribution in [2.75, 3.05) is 19.6 Å². The molecule has 1 atom stereocenters. The van der Waals surface area contributed by atoms with Crippen LogP contribution in [0.2, 0.25) is 0 Å². The molecular formula is C19H21N5O. The zero-order valence-corrected chi connectivity index (χ0v) is 14.0. The topological polar surface area (TPSA) is 77.0 Å². The summed E-state index contributed by atoms with van der Waals surface area (Å²) >= 11 is 0. The van der Waals surface area contributed by atoms with Crippen LogP contribution in [0.25, 0.3) is 11.0 Å². The van der Waals surface area contributed by atoms with Crippen molar-refractivity contribution < 1.29 is 4.79 Å². The molecule has 6 heteroatoms. The third-order valence-electron chi connectivity index (χ3n) is 4.80. The molecule has 1 aromatic carbocycles. The molecule has 3 aromatic rings. The highest BCUT2D eigenvalue weighted by atomic mass is 16.2. The maximum absolute atomic E-state index is 12.7. The van der Waals surface area contributed by atoms with E-state index in [1.54, 1.807) is 12.4 Å². The number of aromatic nitrogens is 3. The first-order chi connectivity index (χ1) is 12.2. The summed E-state index contributed by atoms with van der Waals surface area (Å²) in [5.41, 5.74) is 8.29. The zero-order chi connectivity index (χ0) is 17.2. The number of hydrogen-bond donors (Lipinski definition) is 1. The molecule has 1 amide bonds. The number of nitrogens with two attached hydrogens (primary N) is 1. The highest BCUT2D eigenvalue weighted by Crippen LogP contribution is 2.20. The number of carbonyl (C=O) groups excluding carboxylic acids is 1. The van der Waals surface area contributed by atoms with Crippen molar-refractivity contribution in [3.63, 3.8) is 0 Å². The van der Waals surface area contributed by atoms with E-state index in [0.29, 0.717) is 24.6 Å². The Morgan fingerprint density at radius 3 is 2.84 bits per heavy atom. The van der Waals surface area contributed by atoms with E-state index >= 15 is 0 Å². The van der Waals surface area contributed by atoms with Gasteiger partial charge in [0.1, 0.15) is 0 Å². The van der Waals surface area contributed by atoms with Crippen LogP contribution in [-0.4, -0.2) is 45.2 Å². The van der Waals surface area contributed by atoms with E-state index in [2.05, 4.69) is 22.2 Å². The van der Waals surface area contributed by atoms with Gasteiger partial charge in [0.05, 0.1) is 18.3 Å². The van der Waals surface area contributed by atoms with Crippen molar-refractivity contribution in [2.24, 2.45) is 11.7 Å². The Bertz CT molecular complexity index is 889. The maximum atomic E-state index is 12.7. The van der Waals surface area contributed by atoms with E-state index in [1.807, 2.05) is 33.8 Å². The van der Waals surface area contributed by atoms with E-state index in [-0.39, 0.29) is 5.91 Å². The summed E-state index contributed by atoms with van der Waals surface area (Å²) in [5, 5.41) is 5.31. The summed E-state index contributed by atoms with van der Waals surface area (Å²) < 4.78 is 1.86. The molecule has 1 fully saturated rings. The molecular weight excluding hydrogens is 314 g/mol. The molecule has 2 aromatic heterocycles. The molecule has 25 heavy (non-hydrogen) atoms. The van der Waals surface area contributed by atoms with Gasteiger partial charge in [-0.2, -0.15) is 5.10 Å². The number of benzene rings is 1. The largest absolute Gasteiger partial charge is 0.338 e. The van der Waals surface area contributed by atoms with Gasteiger partial charge in [0, 0.05) is 24.7 Å². The second kappa shape index (κ2) is 6.64. The van der Waals surface area contributed by atoms with Crippen molar-refractivity contribution in [2.45, 2.75) is 13.0 Å². The lowest BCUT2D eigenvalue weighted by atomic mass is 10.1. The fourth-order valence-electron chi connectivity index (χ4n) is 3.35. The number of pyridine rings is 1. The van der Waals surface area contributed by atoms with E-state index in [1.165, 1.54) is 5.56 Å². The Kier molecular flexibility index (Phi) is 4.19. The second-order valence-electron chi connectivity index (χ2n) is 6.57. The van der Waals surface area contributed by atoms with Gasteiger partial charge in [0.2, 0.25) is 0 Å². The minimum atomic E-state index is 0.0289. The Morgan fingerprint density at radius 1 is 1.24 bits per heavy atom. The van der Waals surface area contributed by atoms with Gasteiger partial charge >= 0.3 is 0 Å². The molecule has 1 aliphatic rings. The third-order valence-corrected chi connectivity index (χ3v) is 4.80. The molecule has 2 N–H and O–H groups in total. The van der Waals surface area contributed by atoms with Crippen LogP contribution in [0, 0.1) is 5.92 Å². The number of amides is 1. The monoisotopic (exact) mass is 335 g/mol. The summed E-state index contributed by atoms with van der Waals surface area (Å²) in [4.78, 5) is 19.0. The molecule has 1 aliphatic heterocycles. The molecule has 1 saturated heterocycles. The Labute approximate surface area is 146 Å². The average Bonchev–Trinajstić information content (AvgIpc) is 3.29. The number of nitrogens with zero attached hydrogens (tertiary/aromatic N) is 4. The molecule has 0 saturated carbocycles. The number of rotatable bonds is 4. The molecule has 0 spiro atoms. The van der Waals surface area contributed by atoms with Crippen LogP contribution < -0.4 is 5.73 Å².